The lowest BCUT2D eigenvalue weighted by Gasteiger charge is -2.45. The van der Waals surface area contributed by atoms with Crippen molar-refractivity contribution in [2.24, 2.45) is 0 Å². The number of carboxylic acid groups (broad SMARTS) is 1. The molecule has 1 saturated heterocycles. The number of alkyl halides is 3. The summed E-state index contributed by atoms with van der Waals surface area (Å²) in [6.07, 6.45) is 2.34. The van der Waals surface area contributed by atoms with Gasteiger partial charge in [-0.15, -0.1) is 0 Å². The summed E-state index contributed by atoms with van der Waals surface area (Å²) >= 11 is 6.26. The fourth-order valence-electron chi connectivity index (χ4n) is 7.08. The van der Waals surface area contributed by atoms with E-state index in [-0.39, 0.29) is 17.9 Å². The summed E-state index contributed by atoms with van der Waals surface area (Å²) in [7, 11) is 0. The van der Waals surface area contributed by atoms with Gasteiger partial charge in [-0.1, -0.05) is 24.1 Å². The van der Waals surface area contributed by atoms with E-state index in [9.17, 15) is 22.4 Å². The van der Waals surface area contributed by atoms with E-state index in [1.165, 1.54) is 18.6 Å². The largest absolute Gasteiger partial charge is 0.490 e. The standard InChI is InChI=1S/C31H36ClF2N5O.C2HF3O2/c1-19-14-25(7-9-28(19)32)39-30(35-20(2)37-39)21-10-12-38(13-11-21)31(18-40)17-24(36-23-4-3-5-23)16-27(31)26-8-6-22(33)15-29(26)34;3-2(4,5)1(6)7/h6-9,14-15,18,21,23-24,27,36H,3-5,10-13,16-17H2,1-2H3;(H,6,7)/t24?,27-,31+;/m1./s1. The van der Waals surface area contributed by atoms with Gasteiger partial charge in [0, 0.05) is 35.0 Å². The fraction of sp³-hybridized carbons (Fsp3) is 0.515. The highest BCUT2D eigenvalue weighted by Gasteiger charge is 2.53. The summed E-state index contributed by atoms with van der Waals surface area (Å²) in [5.41, 5.74) is 1.49. The van der Waals surface area contributed by atoms with Gasteiger partial charge in [-0.25, -0.2) is 23.2 Å². The number of aryl methyl sites for hydroxylation is 2. The Hall–Kier alpha value is -3.42. The molecule has 1 aromatic heterocycles. The Bertz CT molecular complexity index is 1610. The average Bonchev–Trinajstić information content (AvgIpc) is 3.57. The maximum Gasteiger partial charge on any atom is 0.490 e. The van der Waals surface area contributed by atoms with Crippen LogP contribution in [0.1, 0.15) is 79.6 Å². The summed E-state index contributed by atoms with van der Waals surface area (Å²) in [5.74, 6) is -2.48. The second-order valence-electron chi connectivity index (χ2n) is 12.7. The number of aldehydes is 1. The molecular weight excluding hydrogens is 645 g/mol. The Morgan fingerprint density at radius 3 is 2.30 bits per heavy atom. The van der Waals surface area contributed by atoms with Gasteiger partial charge in [0.2, 0.25) is 0 Å². The fourth-order valence-corrected chi connectivity index (χ4v) is 7.20. The highest BCUT2D eigenvalue weighted by molar-refractivity contribution is 6.31. The molecule has 47 heavy (non-hydrogen) atoms. The molecule has 1 aliphatic heterocycles. The number of aromatic nitrogens is 3. The van der Waals surface area contributed by atoms with Crippen molar-refractivity contribution >= 4 is 23.9 Å². The van der Waals surface area contributed by atoms with Gasteiger partial charge in [-0.3, -0.25) is 4.90 Å². The van der Waals surface area contributed by atoms with Crippen LogP contribution in [0.15, 0.2) is 36.4 Å². The number of carbonyl (C=O) groups is 2. The zero-order valence-electron chi connectivity index (χ0n) is 26.0. The molecule has 6 rings (SSSR count). The number of carboxylic acids is 1. The maximum absolute atomic E-state index is 15.1. The molecular formula is C33H37ClF5N5O3. The number of halogens is 6. The Morgan fingerprint density at radius 1 is 1.06 bits per heavy atom. The SMILES string of the molecule is Cc1nc(C2CCN([C@]3(C=O)CC(NC4CCC4)C[C@@H]3c3ccc(F)cc3F)CC2)n(-c2ccc(Cl)c(C)c2)n1.O=C(O)C(F)(F)F. The smallest absolute Gasteiger partial charge is 0.475 e. The van der Waals surface area contributed by atoms with Crippen molar-refractivity contribution in [2.45, 2.75) is 94.4 Å². The molecule has 14 heteroatoms. The molecule has 8 nitrogen and oxygen atoms in total. The summed E-state index contributed by atoms with van der Waals surface area (Å²) in [6, 6.07) is 10.2. The number of carbonyl (C=O) groups excluding carboxylic acids is 1. The van der Waals surface area contributed by atoms with Gasteiger partial charge in [0.15, 0.2) is 0 Å². The molecule has 3 atom stereocenters. The number of likely N-dealkylation sites (tertiary alicyclic amines) is 1. The first kappa shape index (κ1) is 34.9. The molecule has 2 heterocycles. The Balaban J connectivity index is 0.000000559. The predicted molar refractivity (Wildman–Crippen MR) is 165 cm³/mol. The van der Waals surface area contributed by atoms with Crippen LogP contribution < -0.4 is 5.32 Å². The van der Waals surface area contributed by atoms with Crippen molar-refractivity contribution in [3.63, 3.8) is 0 Å². The van der Waals surface area contributed by atoms with E-state index in [2.05, 4.69) is 15.3 Å². The van der Waals surface area contributed by atoms with Crippen LogP contribution in [0.2, 0.25) is 5.02 Å². The molecule has 0 radical (unpaired) electrons. The summed E-state index contributed by atoms with van der Waals surface area (Å²) in [4.78, 5) is 29.0. The van der Waals surface area contributed by atoms with E-state index in [0.717, 1.165) is 55.1 Å². The molecule has 2 N–H and O–H groups in total. The highest BCUT2D eigenvalue weighted by Crippen LogP contribution is 2.48. The Kier molecular flexibility index (Phi) is 10.4. The molecule has 0 bridgehead atoms. The van der Waals surface area contributed by atoms with E-state index < -0.39 is 29.3 Å². The summed E-state index contributed by atoms with van der Waals surface area (Å²) < 4.78 is 62.6. The van der Waals surface area contributed by atoms with Crippen molar-refractivity contribution in [2.75, 3.05) is 13.1 Å². The number of hydrogen-bond donors (Lipinski definition) is 2. The van der Waals surface area contributed by atoms with Gasteiger partial charge in [0.1, 0.15) is 29.6 Å². The first-order valence-electron chi connectivity index (χ1n) is 15.6. The van der Waals surface area contributed by atoms with Crippen LogP contribution in [-0.2, 0) is 9.59 Å². The number of aliphatic carboxylic acids is 1. The minimum Gasteiger partial charge on any atom is -0.475 e. The summed E-state index contributed by atoms with van der Waals surface area (Å²) in [6.45, 7) is 5.24. The van der Waals surface area contributed by atoms with Gasteiger partial charge >= 0.3 is 12.1 Å². The molecule has 254 valence electrons. The monoisotopic (exact) mass is 681 g/mol. The molecule has 2 saturated carbocycles. The number of nitrogens with one attached hydrogen (secondary N) is 1. The third kappa shape index (κ3) is 7.52. The lowest BCUT2D eigenvalue weighted by molar-refractivity contribution is -0.192. The average molecular weight is 682 g/mol. The van der Waals surface area contributed by atoms with E-state index in [0.29, 0.717) is 48.4 Å². The van der Waals surface area contributed by atoms with E-state index in [1.807, 2.05) is 36.7 Å². The zero-order valence-corrected chi connectivity index (χ0v) is 26.8. The van der Waals surface area contributed by atoms with Gasteiger partial charge in [0.05, 0.1) is 11.2 Å². The number of piperidine rings is 1. The van der Waals surface area contributed by atoms with Crippen molar-refractivity contribution in [1.82, 2.24) is 25.0 Å². The van der Waals surface area contributed by atoms with Crippen LogP contribution in [0, 0.1) is 25.5 Å². The molecule has 3 aliphatic rings. The number of rotatable bonds is 7. The lowest BCUT2D eigenvalue weighted by Crippen LogP contribution is -2.55. The number of nitrogens with zero attached hydrogens (tertiary/aromatic N) is 4. The molecule has 3 aromatic rings. The van der Waals surface area contributed by atoms with Crippen molar-refractivity contribution in [1.29, 1.82) is 0 Å². The first-order chi connectivity index (χ1) is 22.2. The number of hydrogen-bond acceptors (Lipinski definition) is 6. The van der Waals surface area contributed by atoms with Crippen molar-refractivity contribution < 1.29 is 36.6 Å². The third-order valence-corrected chi connectivity index (χ3v) is 10.1. The maximum atomic E-state index is 15.1. The van der Waals surface area contributed by atoms with Crippen LogP contribution in [0.3, 0.4) is 0 Å². The van der Waals surface area contributed by atoms with Crippen molar-refractivity contribution in [3.8, 4) is 5.69 Å². The van der Waals surface area contributed by atoms with Crippen LogP contribution in [-0.4, -0.2) is 73.9 Å². The predicted octanol–water partition coefficient (Wildman–Crippen LogP) is 6.65. The van der Waals surface area contributed by atoms with Crippen LogP contribution in [0.25, 0.3) is 5.69 Å². The third-order valence-electron chi connectivity index (χ3n) is 9.63. The molecule has 3 fully saturated rings. The van der Waals surface area contributed by atoms with Crippen LogP contribution >= 0.6 is 11.6 Å². The van der Waals surface area contributed by atoms with E-state index in [1.54, 1.807) is 0 Å². The molecule has 2 aliphatic carbocycles. The van der Waals surface area contributed by atoms with E-state index in [4.69, 9.17) is 26.5 Å². The molecule has 2 aromatic carbocycles. The molecule has 1 unspecified atom stereocenters. The number of benzene rings is 2. The Labute approximate surface area is 274 Å². The quantitative estimate of drug-likeness (QED) is 0.213. The second kappa shape index (κ2) is 14.0. The van der Waals surface area contributed by atoms with E-state index >= 15 is 4.39 Å². The second-order valence-corrected chi connectivity index (χ2v) is 13.1. The van der Waals surface area contributed by atoms with Crippen LogP contribution in [0.5, 0.6) is 0 Å². The summed E-state index contributed by atoms with van der Waals surface area (Å²) in [5, 5.41) is 16.3. The van der Waals surface area contributed by atoms with Gasteiger partial charge < -0.3 is 15.2 Å². The first-order valence-corrected chi connectivity index (χ1v) is 16.0. The minimum absolute atomic E-state index is 0.113. The minimum atomic E-state index is -5.08. The zero-order chi connectivity index (χ0) is 34.1. The molecule has 0 amide bonds. The van der Waals surface area contributed by atoms with Crippen molar-refractivity contribution in [3.05, 3.63) is 75.8 Å². The van der Waals surface area contributed by atoms with Gasteiger partial charge in [-0.05, 0) is 101 Å². The Morgan fingerprint density at radius 2 is 1.74 bits per heavy atom. The normalized spacial score (nSPS) is 24.0. The topological polar surface area (TPSA) is 100 Å². The van der Waals surface area contributed by atoms with Gasteiger partial charge in [0.25, 0.3) is 0 Å². The molecule has 0 spiro atoms. The lowest BCUT2D eigenvalue weighted by atomic mass is 9.79. The highest BCUT2D eigenvalue weighted by atomic mass is 35.5. The van der Waals surface area contributed by atoms with Crippen LogP contribution in [0.4, 0.5) is 22.0 Å². The van der Waals surface area contributed by atoms with Gasteiger partial charge in [-0.2, -0.15) is 18.3 Å².